The molecule has 0 saturated carbocycles. The van der Waals surface area contributed by atoms with Gasteiger partial charge in [0, 0.05) is 44.8 Å². The van der Waals surface area contributed by atoms with Crippen molar-refractivity contribution in [2.24, 2.45) is 12.8 Å². The molecular weight excluding hydrogens is 515 g/mol. The van der Waals surface area contributed by atoms with Crippen LogP contribution in [0.4, 0.5) is 24.8 Å². The zero-order chi connectivity index (χ0) is 26.7. The Hall–Kier alpha value is -3.27. The maximum atomic E-state index is 15.4. The summed E-state index contributed by atoms with van der Waals surface area (Å²) in [5, 5.41) is 3.26. The first-order valence-corrected chi connectivity index (χ1v) is 12.8. The second-order valence-electron chi connectivity index (χ2n) is 8.36. The quantitative estimate of drug-likeness (QED) is 0.327. The van der Waals surface area contributed by atoms with Gasteiger partial charge in [0.2, 0.25) is 5.95 Å². The minimum absolute atomic E-state index is 0.0204. The molecule has 3 heterocycles. The fourth-order valence-electron chi connectivity index (χ4n) is 3.92. The van der Waals surface area contributed by atoms with Crippen molar-refractivity contribution in [2.75, 3.05) is 49.4 Å². The fourth-order valence-corrected chi connectivity index (χ4v) is 5.19. The second kappa shape index (κ2) is 11.0. The van der Waals surface area contributed by atoms with Gasteiger partial charge >= 0.3 is 10.2 Å². The Morgan fingerprint density at radius 1 is 1.27 bits per heavy atom. The topological polar surface area (TPSA) is 144 Å². The number of nitrogens with zero attached hydrogens (tertiary/aromatic N) is 4. The average Bonchev–Trinajstić information content (AvgIpc) is 3.31. The normalized spacial score (nSPS) is 16.4. The minimum atomic E-state index is -4.30. The number of hydrogen-bond acceptors (Lipinski definition) is 8. The smallest absolute Gasteiger partial charge is 0.301 e. The highest BCUT2D eigenvalue weighted by Gasteiger charge is 2.32. The standard InChI is InChI=1S/C22H26F3N7O4S/c1-31-20-13(11-28-22(29-20)27-6-9-36-8-5-26)10-15(21(31)33)18-16(24)2-3-17(19(18)25)30-37(34,35)32-7-4-14(23)12-32/h2-3,10-11,14,30H,4-9,12,26H2,1H3,(H,27,28,29)/t14-/m1/s1. The molecule has 1 aromatic carbocycles. The molecule has 1 aliphatic heterocycles. The van der Waals surface area contributed by atoms with Crippen molar-refractivity contribution in [1.29, 1.82) is 0 Å². The van der Waals surface area contributed by atoms with E-state index in [1.165, 1.54) is 19.3 Å². The van der Waals surface area contributed by atoms with Gasteiger partial charge in [-0.3, -0.25) is 14.1 Å². The van der Waals surface area contributed by atoms with E-state index in [4.69, 9.17) is 10.5 Å². The maximum absolute atomic E-state index is 15.4. The van der Waals surface area contributed by atoms with Crippen LogP contribution in [0.1, 0.15) is 6.42 Å². The van der Waals surface area contributed by atoms with Gasteiger partial charge in [-0.25, -0.2) is 18.2 Å². The van der Waals surface area contributed by atoms with Gasteiger partial charge in [0.25, 0.3) is 5.56 Å². The van der Waals surface area contributed by atoms with Crippen LogP contribution in [0, 0.1) is 11.6 Å². The number of fused-ring (bicyclic) bond motifs is 1. The summed E-state index contributed by atoms with van der Waals surface area (Å²) in [6.45, 7) is 1.11. The summed E-state index contributed by atoms with van der Waals surface area (Å²) in [4.78, 5) is 21.6. The monoisotopic (exact) mass is 541 g/mol. The van der Waals surface area contributed by atoms with Crippen LogP contribution in [0.15, 0.2) is 29.2 Å². The van der Waals surface area contributed by atoms with Crippen molar-refractivity contribution in [3.05, 3.63) is 46.4 Å². The Labute approximate surface area is 210 Å². The molecule has 200 valence electrons. The van der Waals surface area contributed by atoms with E-state index in [1.807, 2.05) is 4.72 Å². The van der Waals surface area contributed by atoms with Crippen molar-refractivity contribution in [3.63, 3.8) is 0 Å². The first kappa shape index (κ1) is 26.8. The number of nitrogens with two attached hydrogens (primary N) is 1. The highest BCUT2D eigenvalue weighted by atomic mass is 32.2. The van der Waals surface area contributed by atoms with E-state index in [9.17, 15) is 22.0 Å². The summed E-state index contributed by atoms with van der Waals surface area (Å²) in [5.74, 6) is -2.14. The maximum Gasteiger partial charge on any atom is 0.301 e. The number of ether oxygens (including phenoxy) is 1. The van der Waals surface area contributed by atoms with Crippen LogP contribution in [-0.4, -0.2) is 72.8 Å². The lowest BCUT2D eigenvalue weighted by atomic mass is 10.0. The first-order valence-electron chi connectivity index (χ1n) is 11.4. The Morgan fingerprint density at radius 3 is 2.76 bits per heavy atom. The molecule has 4 N–H and O–H groups in total. The van der Waals surface area contributed by atoms with Crippen molar-refractivity contribution in [2.45, 2.75) is 12.6 Å². The summed E-state index contributed by atoms with van der Waals surface area (Å²) < 4.78 is 78.1. The van der Waals surface area contributed by atoms with Gasteiger partial charge in [0.1, 0.15) is 17.6 Å². The number of hydrogen-bond donors (Lipinski definition) is 3. The number of alkyl halides is 1. The number of rotatable bonds is 10. The van der Waals surface area contributed by atoms with Gasteiger partial charge in [-0.15, -0.1) is 0 Å². The molecule has 1 atom stereocenters. The minimum Gasteiger partial charge on any atom is -0.378 e. The molecule has 11 nitrogen and oxygen atoms in total. The summed E-state index contributed by atoms with van der Waals surface area (Å²) >= 11 is 0. The molecule has 0 bridgehead atoms. The van der Waals surface area contributed by atoms with E-state index in [2.05, 4.69) is 15.3 Å². The Kier molecular flexibility index (Phi) is 7.96. The molecule has 3 aromatic rings. The van der Waals surface area contributed by atoms with E-state index in [0.717, 1.165) is 21.0 Å². The predicted octanol–water partition coefficient (Wildman–Crippen LogP) is 1.36. The highest BCUT2D eigenvalue weighted by molar-refractivity contribution is 7.90. The molecule has 0 amide bonds. The van der Waals surface area contributed by atoms with Crippen LogP contribution >= 0.6 is 0 Å². The third-order valence-corrected chi connectivity index (χ3v) is 7.26. The molecule has 2 aromatic heterocycles. The summed E-state index contributed by atoms with van der Waals surface area (Å²) in [6, 6.07) is 2.98. The van der Waals surface area contributed by atoms with Gasteiger partial charge in [-0.2, -0.15) is 17.7 Å². The zero-order valence-corrected chi connectivity index (χ0v) is 20.7. The average molecular weight is 542 g/mol. The molecule has 0 unspecified atom stereocenters. The summed E-state index contributed by atoms with van der Waals surface area (Å²) in [5.41, 5.74) is 3.16. The number of nitrogens with one attached hydrogen (secondary N) is 2. The van der Waals surface area contributed by atoms with Gasteiger partial charge in [-0.1, -0.05) is 0 Å². The van der Waals surface area contributed by atoms with Gasteiger partial charge in [0.05, 0.1) is 30.0 Å². The number of pyridine rings is 1. The lowest BCUT2D eigenvalue weighted by molar-refractivity contribution is 0.151. The van der Waals surface area contributed by atoms with Crippen LogP contribution in [0.2, 0.25) is 0 Å². The van der Waals surface area contributed by atoms with Crippen LogP contribution in [-0.2, 0) is 22.0 Å². The number of halogens is 3. The first-order chi connectivity index (χ1) is 17.6. The Morgan fingerprint density at radius 2 is 2.05 bits per heavy atom. The van der Waals surface area contributed by atoms with Gasteiger partial charge < -0.3 is 15.8 Å². The Bertz CT molecular complexity index is 1470. The van der Waals surface area contributed by atoms with Gasteiger partial charge in [0.15, 0.2) is 5.82 Å². The highest BCUT2D eigenvalue weighted by Crippen LogP contribution is 2.31. The van der Waals surface area contributed by atoms with Crippen molar-refractivity contribution in [3.8, 4) is 11.1 Å². The number of aromatic nitrogens is 3. The molecule has 0 aliphatic carbocycles. The largest absolute Gasteiger partial charge is 0.378 e. The third-order valence-electron chi connectivity index (χ3n) is 5.77. The lowest BCUT2D eigenvalue weighted by Crippen LogP contribution is -2.34. The zero-order valence-electron chi connectivity index (χ0n) is 19.9. The van der Waals surface area contributed by atoms with Crippen molar-refractivity contribution >= 4 is 32.9 Å². The molecule has 1 aliphatic rings. The fraction of sp³-hybridized carbons (Fsp3) is 0.409. The Balaban J connectivity index is 1.67. The SMILES string of the molecule is Cn1c(=O)c(-c2c(F)ccc(NS(=O)(=O)N3CC[C@@H](F)C3)c2F)cc2cnc(NCCOCCN)nc21. The molecule has 37 heavy (non-hydrogen) atoms. The van der Waals surface area contributed by atoms with Gasteiger partial charge in [-0.05, 0) is 24.6 Å². The van der Waals surface area contributed by atoms with Crippen LogP contribution < -0.4 is 21.3 Å². The molecule has 1 fully saturated rings. The van der Waals surface area contributed by atoms with Crippen LogP contribution in [0.25, 0.3) is 22.2 Å². The van der Waals surface area contributed by atoms with Crippen LogP contribution in [0.5, 0.6) is 0 Å². The molecule has 15 heteroatoms. The number of aryl methyl sites for hydroxylation is 1. The van der Waals surface area contributed by atoms with Crippen molar-refractivity contribution in [1.82, 2.24) is 18.8 Å². The van der Waals surface area contributed by atoms with Crippen molar-refractivity contribution < 1.29 is 26.3 Å². The predicted molar refractivity (Wildman–Crippen MR) is 132 cm³/mol. The van der Waals surface area contributed by atoms with E-state index < -0.39 is 44.8 Å². The third kappa shape index (κ3) is 5.69. The second-order valence-corrected chi connectivity index (χ2v) is 10.0. The van der Waals surface area contributed by atoms with E-state index >= 15 is 4.39 Å². The summed E-state index contributed by atoms with van der Waals surface area (Å²) in [6.07, 6.45) is 0.0811. The number of anilines is 2. The lowest BCUT2D eigenvalue weighted by Gasteiger charge is -2.18. The molecule has 1 saturated heterocycles. The summed E-state index contributed by atoms with van der Waals surface area (Å²) in [7, 11) is -2.91. The molecule has 0 spiro atoms. The number of benzene rings is 1. The molecular formula is C22H26F3N7O4S. The van der Waals surface area contributed by atoms with E-state index in [0.29, 0.717) is 31.7 Å². The van der Waals surface area contributed by atoms with Crippen LogP contribution in [0.3, 0.4) is 0 Å². The molecule has 0 radical (unpaired) electrons. The van der Waals surface area contributed by atoms with E-state index in [-0.39, 0.29) is 36.7 Å². The molecule has 4 rings (SSSR count). The van der Waals surface area contributed by atoms with E-state index in [1.54, 1.807) is 0 Å².